The van der Waals surface area contributed by atoms with E-state index < -0.39 is 0 Å². The summed E-state index contributed by atoms with van der Waals surface area (Å²) in [7, 11) is 0. The van der Waals surface area contributed by atoms with Gasteiger partial charge in [-0.05, 0) is 23.3 Å². The third kappa shape index (κ3) is 3.83. The monoisotopic (exact) mass is 346 g/mol. The Morgan fingerprint density at radius 3 is 2.44 bits per heavy atom. The molecule has 4 nitrogen and oxygen atoms in total. The number of hydrogen-bond acceptors (Lipinski definition) is 3. The minimum Gasteiger partial charge on any atom is -0.347 e. The zero-order valence-corrected chi connectivity index (χ0v) is 14.5. The molecule has 0 amide bonds. The lowest BCUT2D eigenvalue weighted by molar-refractivity contribution is 0.723. The largest absolute Gasteiger partial charge is 0.347 e. The van der Waals surface area contributed by atoms with Crippen LogP contribution < -0.4 is 0 Å². The van der Waals surface area contributed by atoms with E-state index in [1.807, 2.05) is 24.7 Å². The zero-order chi connectivity index (χ0) is 16.9. The molecule has 0 radical (unpaired) electrons. The summed E-state index contributed by atoms with van der Waals surface area (Å²) in [4.78, 5) is 13.1. The Hall–Kier alpha value is -2.79. The number of thioether (sulfide) groups is 1. The highest BCUT2D eigenvalue weighted by atomic mass is 32.2. The van der Waals surface area contributed by atoms with E-state index in [4.69, 9.17) is 0 Å². The lowest BCUT2D eigenvalue weighted by atomic mass is 10.1. The molecular formula is C20H18N4S. The number of nitrogens with one attached hydrogen (secondary N) is 1. The van der Waals surface area contributed by atoms with Crippen LogP contribution in [0, 0.1) is 0 Å². The molecule has 5 heteroatoms. The van der Waals surface area contributed by atoms with Gasteiger partial charge in [0, 0.05) is 29.7 Å². The van der Waals surface area contributed by atoms with Crippen molar-refractivity contribution in [1.82, 2.24) is 19.5 Å². The number of imidazole rings is 2. The Morgan fingerprint density at radius 1 is 0.880 bits per heavy atom. The molecule has 2 heterocycles. The van der Waals surface area contributed by atoms with Gasteiger partial charge < -0.3 is 9.55 Å². The molecule has 25 heavy (non-hydrogen) atoms. The van der Waals surface area contributed by atoms with Crippen LogP contribution >= 0.6 is 11.8 Å². The number of benzene rings is 2. The van der Waals surface area contributed by atoms with E-state index in [0.29, 0.717) is 0 Å². The van der Waals surface area contributed by atoms with Gasteiger partial charge in [-0.15, -0.1) is 11.8 Å². The molecule has 1 N–H and O–H groups in total. The van der Waals surface area contributed by atoms with Gasteiger partial charge in [0.1, 0.15) is 11.6 Å². The van der Waals surface area contributed by atoms with E-state index in [2.05, 4.69) is 68.0 Å². The molecule has 0 saturated carbocycles. The van der Waals surface area contributed by atoms with Gasteiger partial charge in [0.2, 0.25) is 0 Å². The van der Waals surface area contributed by atoms with Crippen LogP contribution in [0.1, 0.15) is 11.6 Å². The average Bonchev–Trinajstić information content (AvgIpc) is 3.34. The predicted octanol–water partition coefficient (Wildman–Crippen LogP) is 4.61. The SMILES string of the molecule is c1ccc(-c2ccc(SCc3nccn3Cc3ncc[nH]3)cc2)cc1. The average molecular weight is 346 g/mol. The molecule has 4 aromatic rings. The Balaban J connectivity index is 1.41. The maximum atomic E-state index is 4.48. The summed E-state index contributed by atoms with van der Waals surface area (Å²) in [6, 6.07) is 19.1. The first kappa shape index (κ1) is 15.7. The van der Waals surface area contributed by atoms with Crippen LogP contribution in [0.2, 0.25) is 0 Å². The Bertz CT molecular complexity index is 912. The molecule has 0 atom stereocenters. The summed E-state index contributed by atoms with van der Waals surface area (Å²) in [6.07, 6.45) is 7.46. The molecule has 2 aromatic heterocycles. The fraction of sp³-hybridized carbons (Fsp3) is 0.100. The third-order valence-corrected chi connectivity index (χ3v) is 5.01. The van der Waals surface area contributed by atoms with Crippen LogP contribution in [0.4, 0.5) is 0 Å². The summed E-state index contributed by atoms with van der Waals surface area (Å²) in [6.45, 7) is 0.718. The fourth-order valence-electron chi connectivity index (χ4n) is 2.69. The summed E-state index contributed by atoms with van der Waals surface area (Å²) in [5.74, 6) is 2.82. The van der Waals surface area contributed by atoms with Crippen LogP contribution in [-0.2, 0) is 12.3 Å². The Kier molecular flexibility index (Phi) is 4.65. The molecule has 4 rings (SSSR count). The van der Waals surface area contributed by atoms with E-state index in [1.165, 1.54) is 16.0 Å². The number of aromatic nitrogens is 4. The Morgan fingerprint density at radius 2 is 1.68 bits per heavy atom. The molecular weight excluding hydrogens is 328 g/mol. The zero-order valence-electron chi connectivity index (χ0n) is 13.7. The summed E-state index contributed by atoms with van der Waals surface area (Å²) in [5.41, 5.74) is 2.48. The third-order valence-electron chi connectivity index (χ3n) is 4.01. The van der Waals surface area contributed by atoms with Crippen LogP contribution in [0.5, 0.6) is 0 Å². The molecule has 0 aliphatic rings. The standard InChI is InChI=1S/C20H18N4S/c1-2-4-16(5-3-1)17-6-8-18(9-7-17)25-15-20-23-12-13-24(20)14-19-21-10-11-22-19/h1-13H,14-15H2,(H,21,22). The van der Waals surface area contributed by atoms with Crippen molar-refractivity contribution in [1.29, 1.82) is 0 Å². The van der Waals surface area contributed by atoms with E-state index >= 15 is 0 Å². The topological polar surface area (TPSA) is 46.5 Å². The van der Waals surface area contributed by atoms with Crippen LogP contribution in [0.3, 0.4) is 0 Å². The van der Waals surface area contributed by atoms with Gasteiger partial charge in [0.15, 0.2) is 0 Å². The lowest BCUT2D eigenvalue weighted by Crippen LogP contribution is -2.04. The Labute approximate surface area is 151 Å². The maximum Gasteiger partial charge on any atom is 0.126 e. The van der Waals surface area contributed by atoms with E-state index in [1.54, 1.807) is 18.0 Å². The summed E-state index contributed by atoms with van der Waals surface area (Å²) >= 11 is 1.79. The molecule has 0 unspecified atom stereocenters. The minimum atomic E-state index is 0.718. The van der Waals surface area contributed by atoms with Crippen molar-refractivity contribution in [3.05, 3.63) is 91.0 Å². The van der Waals surface area contributed by atoms with E-state index in [0.717, 1.165) is 23.9 Å². The van der Waals surface area contributed by atoms with Crippen LogP contribution in [0.15, 0.2) is 84.3 Å². The molecule has 0 aliphatic heterocycles. The minimum absolute atomic E-state index is 0.718. The number of rotatable bonds is 6. The number of nitrogens with zero attached hydrogens (tertiary/aromatic N) is 3. The molecule has 0 aliphatic carbocycles. The van der Waals surface area contributed by atoms with Gasteiger partial charge >= 0.3 is 0 Å². The van der Waals surface area contributed by atoms with Gasteiger partial charge in [0.25, 0.3) is 0 Å². The van der Waals surface area contributed by atoms with Crippen molar-refractivity contribution in [3.63, 3.8) is 0 Å². The van der Waals surface area contributed by atoms with Crippen molar-refractivity contribution in [2.75, 3.05) is 0 Å². The quantitative estimate of drug-likeness (QED) is 0.518. The number of hydrogen-bond donors (Lipinski definition) is 1. The molecule has 0 bridgehead atoms. The highest BCUT2D eigenvalue weighted by Crippen LogP contribution is 2.26. The van der Waals surface area contributed by atoms with Crippen molar-refractivity contribution in [2.24, 2.45) is 0 Å². The van der Waals surface area contributed by atoms with E-state index in [9.17, 15) is 0 Å². The normalized spacial score (nSPS) is 10.9. The van der Waals surface area contributed by atoms with Crippen molar-refractivity contribution in [2.45, 2.75) is 17.2 Å². The second kappa shape index (κ2) is 7.40. The summed E-state index contributed by atoms with van der Waals surface area (Å²) in [5, 5.41) is 0. The van der Waals surface area contributed by atoms with Gasteiger partial charge in [0.05, 0.1) is 12.3 Å². The number of H-pyrrole nitrogens is 1. The van der Waals surface area contributed by atoms with Gasteiger partial charge in [-0.2, -0.15) is 0 Å². The maximum absolute atomic E-state index is 4.48. The first-order valence-corrected chi connectivity index (χ1v) is 9.13. The molecule has 0 spiro atoms. The number of aromatic amines is 1. The van der Waals surface area contributed by atoms with E-state index in [-0.39, 0.29) is 0 Å². The molecule has 124 valence electrons. The van der Waals surface area contributed by atoms with Gasteiger partial charge in [-0.25, -0.2) is 9.97 Å². The van der Waals surface area contributed by atoms with Crippen LogP contribution in [0.25, 0.3) is 11.1 Å². The fourth-order valence-corrected chi connectivity index (χ4v) is 3.56. The van der Waals surface area contributed by atoms with Crippen molar-refractivity contribution in [3.8, 4) is 11.1 Å². The second-order valence-corrected chi connectivity index (χ2v) is 6.74. The van der Waals surface area contributed by atoms with Crippen molar-refractivity contribution >= 4 is 11.8 Å². The molecule has 2 aromatic carbocycles. The molecule has 0 saturated heterocycles. The van der Waals surface area contributed by atoms with Crippen LogP contribution in [-0.4, -0.2) is 19.5 Å². The molecule has 0 fully saturated rings. The smallest absolute Gasteiger partial charge is 0.126 e. The lowest BCUT2D eigenvalue weighted by Gasteiger charge is -2.07. The van der Waals surface area contributed by atoms with Crippen molar-refractivity contribution < 1.29 is 0 Å². The second-order valence-electron chi connectivity index (χ2n) is 5.69. The van der Waals surface area contributed by atoms with Gasteiger partial charge in [-0.1, -0.05) is 42.5 Å². The first-order chi connectivity index (χ1) is 12.4. The highest BCUT2D eigenvalue weighted by Gasteiger charge is 2.06. The summed E-state index contributed by atoms with van der Waals surface area (Å²) < 4.78 is 2.13. The van der Waals surface area contributed by atoms with Gasteiger partial charge in [-0.3, -0.25) is 0 Å². The first-order valence-electron chi connectivity index (χ1n) is 8.15. The highest BCUT2D eigenvalue weighted by molar-refractivity contribution is 7.98. The predicted molar refractivity (Wildman–Crippen MR) is 101 cm³/mol.